The Balaban J connectivity index is 1.20. The maximum Gasteiger partial charge on any atom is 0.320 e. The summed E-state index contributed by atoms with van der Waals surface area (Å²) in [7, 11) is 0. The summed E-state index contributed by atoms with van der Waals surface area (Å²) in [6, 6.07) is 23.1. The fraction of sp³-hybridized carbons (Fsp3) is 0.375. The Labute approximate surface area is 234 Å². The number of hydrogen-bond donors (Lipinski definition) is 0. The smallest absolute Gasteiger partial charge is 0.320 e. The molecule has 7 rings (SSSR count). The summed E-state index contributed by atoms with van der Waals surface area (Å²) >= 11 is 6.68. The van der Waals surface area contributed by atoms with Gasteiger partial charge in [0.2, 0.25) is 5.88 Å². The second-order valence-electron chi connectivity index (χ2n) is 11.0. The Morgan fingerprint density at radius 2 is 1.64 bits per heavy atom. The minimum absolute atomic E-state index is 0.135. The van der Waals surface area contributed by atoms with Crippen molar-refractivity contribution in [3.05, 3.63) is 88.6 Å². The van der Waals surface area contributed by atoms with E-state index in [0.717, 1.165) is 51.3 Å². The van der Waals surface area contributed by atoms with Crippen LogP contribution >= 0.6 is 11.6 Å². The molecule has 3 aromatic carbocycles. The number of anilines is 1. The molecule has 0 atom stereocenters. The second kappa shape index (κ2) is 10.3. The molecule has 4 aromatic rings. The first-order valence-electron chi connectivity index (χ1n) is 14.1. The summed E-state index contributed by atoms with van der Waals surface area (Å²) in [4.78, 5) is 14.8. The largest absolute Gasteiger partial charge is 0.472 e. The van der Waals surface area contributed by atoms with Crippen LogP contribution in [0.3, 0.4) is 0 Å². The summed E-state index contributed by atoms with van der Waals surface area (Å²) in [6.07, 6.45) is 5.64. The molecule has 0 bridgehead atoms. The molecule has 2 saturated heterocycles. The molecule has 1 aromatic heterocycles. The Morgan fingerprint density at radius 1 is 0.846 bits per heavy atom. The standard InChI is InChI=1S/C32H33ClN4O2/c33-26-12-4-10-24-11-5-13-28(29(24)26)36-19-14-25-27(20-36)34-31(35-30(25)38-21-23-8-2-1-3-9-23)39-22-32-15-6-17-37(32)18-7-16-32/h1-5,8-13H,6-7,14-22H2. The van der Waals surface area contributed by atoms with E-state index in [0.29, 0.717) is 31.6 Å². The molecule has 0 spiro atoms. The number of halogens is 1. The summed E-state index contributed by atoms with van der Waals surface area (Å²) in [6.45, 7) is 4.92. The molecule has 0 unspecified atom stereocenters. The van der Waals surface area contributed by atoms with Gasteiger partial charge in [-0.05, 0) is 68.3 Å². The normalized spacial score (nSPS) is 18.2. The lowest BCUT2D eigenvalue weighted by atomic mass is 9.95. The molecule has 0 radical (unpaired) electrons. The molecule has 39 heavy (non-hydrogen) atoms. The van der Waals surface area contributed by atoms with Crippen molar-refractivity contribution in [1.82, 2.24) is 14.9 Å². The molecule has 3 aliphatic heterocycles. The highest BCUT2D eigenvalue weighted by atomic mass is 35.5. The van der Waals surface area contributed by atoms with Gasteiger partial charge in [0.25, 0.3) is 0 Å². The van der Waals surface area contributed by atoms with E-state index >= 15 is 0 Å². The molecule has 4 heterocycles. The number of benzene rings is 3. The Bertz CT molecular complexity index is 1480. The maximum absolute atomic E-state index is 6.68. The molecule has 7 heteroatoms. The molecule has 2 fully saturated rings. The molecule has 200 valence electrons. The van der Waals surface area contributed by atoms with Gasteiger partial charge in [-0.2, -0.15) is 9.97 Å². The van der Waals surface area contributed by atoms with Crippen molar-refractivity contribution in [3.63, 3.8) is 0 Å². The number of ether oxygens (including phenoxy) is 2. The van der Waals surface area contributed by atoms with Crippen LogP contribution in [0.2, 0.25) is 5.02 Å². The molecule has 6 nitrogen and oxygen atoms in total. The Kier molecular flexibility index (Phi) is 6.53. The average molecular weight is 541 g/mol. The molecule has 0 N–H and O–H groups in total. The summed E-state index contributed by atoms with van der Waals surface area (Å²) in [5.41, 5.74) is 4.41. The van der Waals surface area contributed by atoms with Gasteiger partial charge in [-0.3, -0.25) is 4.90 Å². The number of aromatic nitrogens is 2. The maximum atomic E-state index is 6.68. The Hall–Kier alpha value is -3.35. The zero-order chi connectivity index (χ0) is 26.2. The SMILES string of the molecule is Clc1cccc2cccc(N3CCc4c(nc(OCC56CCCN5CCC6)nc4OCc4ccccc4)C3)c12. The summed E-state index contributed by atoms with van der Waals surface area (Å²) in [5, 5.41) is 2.99. The van der Waals surface area contributed by atoms with Crippen molar-refractivity contribution in [3.8, 4) is 11.9 Å². The van der Waals surface area contributed by atoms with Crippen LogP contribution in [0.25, 0.3) is 10.8 Å². The van der Waals surface area contributed by atoms with Crippen molar-refractivity contribution in [2.24, 2.45) is 0 Å². The third kappa shape index (κ3) is 4.70. The third-order valence-corrected chi connectivity index (χ3v) is 8.99. The van der Waals surface area contributed by atoms with Gasteiger partial charge in [0.05, 0.1) is 22.8 Å². The number of rotatable bonds is 7. The van der Waals surface area contributed by atoms with Crippen molar-refractivity contribution in [2.45, 2.75) is 50.8 Å². The van der Waals surface area contributed by atoms with E-state index in [1.54, 1.807) is 0 Å². The number of hydrogen-bond acceptors (Lipinski definition) is 6. The first-order chi connectivity index (χ1) is 19.2. The van der Waals surface area contributed by atoms with Crippen LogP contribution in [-0.2, 0) is 19.6 Å². The lowest BCUT2D eigenvalue weighted by Crippen LogP contribution is -2.43. The van der Waals surface area contributed by atoms with Gasteiger partial charge in [0, 0.05) is 23.2 Å². The molecule has 3 aliphatic rings. The van der Waals surface area contributed by atoms with Gasteiger partial charge >= 0.3 is 6.01 Å². The predicted octanol–water partition coefficient (Wildman–Crippen LogP) is 6.43. The fourth-order valence-corrected chi connectivity index (χ4v) is 6.97. The van der Waals surface area contributed by atoms with Crippen molar-refractivity contribution in [1.29, 1.82) is 0 Å². The van der Waals surface area contributed by atoms with E-state index in [9.17, 15) is 0 Å². The van der Waals surface area contributed by atoms with Gasteiger partial charge in [-0.25, -0.2) is 0 Å². The van der Waals surface area contributed by atoms with E-state index in [4.69, 9.17) is 31.0 Å². The quantitative estimate of drug-likeness (QED) is 0.269. The van der Waals surface area contributed by atoms with Crippen LogP contribution in [0.5, 0.6) is 11.9 Å². The molecular formula is C32H33ClN4O2. The minimum Gasteiger partial charge on any atom is -0.472 e. The molecule has 0 amide bonds. The first kappa shape index (κ1) is 24.7. The lowest BCUT2D eigenvalue weighted by Gasteiger charge is -2.33. The van der Waals surface area contributed by atoms with Crippen LogP contribution in [0.15, 0.2) is 66.7 Å². The highest BCUT2D eigenvalue weighted by Gasteiger charge is 2.45. The third-order valence-electron chi connectivity index (χ3n) is 8.68. The fourth-order valence-electron chi connectivity index (χ4n) is 6.69. The second-order valence-corrected chi connectivity index (χ2v) is 11.4. The van der Waals surface area contributed by atoms with Crippen LogP contribution in [0.4, 0.5) is 5.69 Å². The van der Waals surface area contributed by atoms with E-state index in [-0.39, 0.29) is 5.54 Å². The predicted molar refractivity (Wildman–Crippen MR) is 155 cm³/mol. The van der Waals surface area contributed by atoms with Gasteiger partial charge in [0.1, 0.15) is 13.2 Å². The van der Waals surface area contributed by atoms with E-state index in [2.05, 4.69) is 46.2 Å². The van der Waals surface area contributed by atoms with Crippen LogP contribution in [-0.4, -0.2) is 46.6 Å². The molecule has 0 saturated carbocycles. The number of nitrogens with zero attached hydrogens (tertiary/aromatic N) is 4. The van der Waals surface area contributed by atoms with Crippen molar-refractivity contribution < 1.29 is 9.47 Å². The van der Waals surface area contributed by atoms with Crippen molar-refractivity contribution in [2.75, 3.05) is 31.1 Å². The van der Waals surface area contributed by atoms with Crippen LogP contribution in [0.1, 0.15) is 42.5 Å². The minimum atomic E-state index is 0.135. The topological polar surface area (TPSA) is 50.7 Å². The van der Waals surface area contributed by atoms with E-state index in [1.807, 2.05) is 30.3 Å². The molecular weight excluding hydrogens is 508 g/mol. The van der Waals surface area contributed by atoms with E-state index < -0.39 is 0 Å². The van der Waals surface area contributed by atoms with Gasteiger partial charge in [0.15, 0.2) is 0 Å². The lowest BCUT2D eigenvalue weighted by molar-refractivity contribution is 0.106. The highest BCUT2D eigenvalue weighted by Crippen LogP contribution is 2.40. The first-order valence-corrected chi connectivity index (χ1v) is 14.4. The van der Waals surface area contributed by atoms with Crippen molar-refractivity contribution >= 4 is 28.1 Å². The highest BCUT2D eigenvalue weighted by molar-refractivity contribution is 6.36. The zero-order valence-electron chi connectivity index (χ0n) is 22.1. The monoisotopic (exact) mass is 540 g/mol. The molecule has 0 aliphatic carbocycles. The van der Waals surface area contributed by atoms with Gasteiger partial charge < -0.3 is 14.4 Å². The van der Waals surface area contributed by atoms with Crippen LogP contribution in [0, 0.1) is 0 Å². The van der Waals surface area contributed by atoms with Crippen LogP contribution < -0.4 is 14.4 Å². The summed E-state index contributed by atoms with van der Waals surface area (Å²) < 4.78 is 12.7. The number of fused-ring (bicyclic) bond motifs is 3. The van der Waals surface area contributed by atoms with E-state index in [1.165, 1.54) is 38.8 Å². The zero-order valence-corrected chi connectivity index (χ0v) is 22.9. The van der Waals surface area contributed by atoms with Gasteiger partial charge in [-0.15, -0.1) is 0 Å². The average Bonchev–Trinajstić information content (AvgIpc) is 3.56. The Morgan fingerprint density at radius 3 is 2.46 bits per heavy atom. The summed E-state index contributed by atoms with van der Waals surface area (Å²) in [5.74, 6) is 0.640. The van der Waals surface area contributed by atoms with Gasteiger partial charge in [-0.1, -0.05) is 66.2 Å².